The van der Waals surface area contributed by atoms with Crippen LogP contribution in [0.15, 0.2) is 36.5 Å². The van der Waals surface area contributed by atoms with E-state index in [0.717, 1.165) is 12.0 Å². The average molecular weight is 311 g/mol. The number of pyridine rings is 1. The molecule has 2 N–H and O–H groups in total. The lowest BCUT2D eigenvalue weighted by Gasteiger charge is -2.13. The Bertz CT molecular complexity index is 590. The molecule has 0 saturated carbocycles. The highest BCUT2D eigenvalue weighted by molar-refractivity contribution is 6.42. The first-order valence-electron chi connectivity index (χ1n) is 6.43. The van der Waals surface area contributed by atoms with Gasteiger partial charge < -0.3 is 10.5 Å². The van der Waals surface area contributed by atoms with Crippen molar-refractivity contribution in [1.29, 1.82) is 0 Å². The van der Waals surface area contributed by atoms with E-state index in [1.807, 2.05) is 12.1 Å². The van der Waals surface area contributed by atoms with Crippen LogP contribution in [-0.2, 0) is 6.42 Å². The zero-order valence-corrected chi connectivity index (χ0v) is 12.7. The Labute approximate surface area is 128 Å². The summed E-state index contributed by atoms with van der Waals surface area (Å²) in [5.41, 5.74) is 6.95. The van der Waals surface area contributed by atoms with Gasteiger partial charge in [0.25, 0.3) is 0 Å². The third-order valence-electron chi connectivity index (χ3n) is 2.98. The van der Waals surface area contributed by atoms with Gasteiger partial charge in [0, 0.05) is 17.8 Å². The molecule has 0 amide bonds. The van der Waals surface area contributed by atoms with E-state index in [0.29, 0.717) is 28.1 Å². The van der Waals surface area contributed by atoms with Gasteiger partial charge in [0.15, 0.2) is 0 Å². The smallest absolute Gasteiger partial charge is 0.222 e. The van der Waals surface area contributed by atoms with Crippen molar-refractivity contribution in [2.24, 2.45) is 5.73 Å². The molecule has 0 aliphatic rings. The predicted molar refractivity (Wildman–Crippen MR) is 82.7 cm³/mol. The van der Waals surface area contributed by atoms with E-state index >= 15 is 0 Å². The summed E-state index contributed by atoms with van der Waals surface area (Å²) >= 11 is 12.1. The Hall–Kier alpha value is -1.29. The van der Waals surface area contributed by atoms with E-state index in [1.165, 1.54) is 0 Å². The van der Waals surface area contributed by atoms with Crippen molar-refractivity contribution in [2.75, 3.05) is 0 Å². The SMILES string of the molecule is CCC(N)Cc1cccnc1Oc1cccc(Cl)c1Cl. The number of halogens is 2. The minimum atomic E-state index is 0.0800. The third kappa shape index (κ3) is 3.63. The van der Waals surface area contributed by atoms with Crippen LogP contribution in [0.2, 0.25) is 10.0 Å². The molecule has 1 unspecified atom stereocenters. The van der Waals surface area contributed by atoms with Gasteiger partial charge in [-0.1, -0.05) is 42.3 Å². The van der Waals surface area contributed by atoms with E-state index in [4.69, 9.17) is 33.7 Å². The fourth-order valence-corrected chi connectivity index (χ4v) is 2.10. The molecule has 0 radical (unpaired) electrons. The van der Waals surface area contributed by atoms with Crippen LogP contribution in [0.3, 0.4) is 0 Å². The summed E-state index contributed by atoms with van der Waals surface area (Å²) in [6.45, 7) is 2.05. The highest BCUT2D eigenvalue weighted by Gasteiger charge is 2.12. The minimum Gasteiger partial charge on any atom is -0.437 e. The first kappa shape index (κ1) is 15.1. The minimum absolute atomic E-state index is 0.0800. The van der Waals surface area contributed by atoms with Gasteiger partial charge in [-0.05, 0) is 31.0 Å². The van der Waals surface area contributed by atoms with Gasteiger partial charge in [-0.3, -0.25) is 0 Å². The standard InChI is InChI=1S/C15H16Cl2N2O/c1-2-11(18)9-10-5-4-8-19-15(10)20-13-7-3-6-12(16)14(13)17/h3-8,11H,2,9,18H2,1H3. The molecular formula is C15H16Cl2N2O. The normalized spacial score (nSPS) is 12.2. The topological polar surface area (TPSA) is 48.1 Å². The average Bonchev–Trinajstić information content (AvgIpc) is 2.45. The van der Waals surface area contributed by atoms with Crippen LogP contribution >= 0.6 is 23.2 Å². The molecule has 1 atom stereocenters. The van der Waals surface area contributed by atoms with Crippen LogP contribution in [0.25, 0.3) is 0 Å². The maximum atomic E-state index is 6.12. The van der Waals surface area contributed by atoms with Crippen molar-refractivity contribution < 1.29 is 4.74 Å². The predicted octanol–water partition coefficient (Wildman–Crippen LogP) is 4.46. The zero-order chi connectivity index (χ0) is 14.5. The molecule has 1 heterocycles. The lowest BCUT2D eigenvalue weighted by atomic mass is 10.1. The largest absolute Gasteiger partial charge is 0.437 e. The van der Waals surface area contributed by atoms with Crippen molar-refractivity contribution in [3.8, 4) is 11.6 Å². The Morgan fingerprint density at radius 2 is 2.05 bits per heavy atom. The monoisotopic (exact) mass is 310 g/mol. The molecule has 20 heavy (non-hydrogen) atoms. The number of ether oxygens (including phenoxy) is 1. The fraction of sp³-hybridized carbons (Fsp3) is 0.267. The van der Waals surface area contributed by atoms with Crippen LogP contribution in [0.4, 0.5) is 0 Å². The first-order valence-corrected chi connectivity index (χ1v) is 7.18. The summed E-state index contributed by atoms with van der Waals surface area (Å²) in [4.78, 5) is 4.25. The number of aromatic nitrogens is 1. The van der Waals surface area contributed by atoms with Gasteiger partial charge in [-0.2, -0.15) is 0 Å². The Morgan fingerprint density at radius 3 is 2.80 bits per heavy atom. The second-order valence-electron chi connectivity index (χ2n) is 4.49. The summed E-state index contributed by atoms with van der Waals surface area (Å²) in [7, 11) is 0. The molecule has 0 fully saturated rings. The van der Waals surface area contributed by atoms with Gasteiger partial charge in [0.2, 0.25) is 5.88 Å². The lowest BCUT2D eigenvalue weighted by Crippen LogP contribution is -2.21. The molecule has 0 saturated heterocycles. The number of nitrogens with two attached hydrogens (primary N) is 1. The van der Waals surface area contributed by atoms with E-state index in [1.54, 1.807) is 24.4 Å². The second-order valence-corrected chi connectivity index (χ2v) is 5.28. The summed E-state index contributed by atoms with van der Waals surface area (Å²) in [6, 6.07) is 9.15. The summed E-state index contributed by atoms with van der Waals surface area (Å²) in [5.74, 6) is 1.00. The molecule has 2 rings (SSSR count). The van der Waals surface area contributed by atoms with Crippen LogP contribution in [0, 0.1) is 0 Å². The third-order valence-corrected chi connectivity index (χ3v) is 3.78. The van der Waals surface area contributed by atoms with E-state index in [-0.39, 0.29) is 6.04 Å². The second kappa shape index (κ2) is 6.93. The number of hydrogen-bond donors (Lipinski definition) is 1. The van der Waals surface area contributed by atoms with Crippen LogP contribution < -0.4 is 10.5 Å². The molecule has 0 aliphatic heterocycles. The molecule has 106 valence electrons. The molecule has 0 spiro atoms. The van der Waals surface area contributed by atoms with Gasteiger partial charge in [-0.15, -0.1) is 0 Å². The molecule has 5 heteroatoms. The number of nitrogens with zero attached hydrogens (tertiary/aromatic N) is 1. The summed E-state index contributed by atoms with van der Waals surface area (Å²) < 4.78 is 5.78. The van der Waals surface area contributed by atoms with Gasteiger partial charge >= 0.3 is 0 Å². The van der Waals surface area contributed by atoms with Crippen molar-refractivity contribution in [3.05, 3.63) is 52.1 Å². The highest BCUT2D eigenvalue weighted by Crippen LogP contribution is 2.35. The van der Waals surface area contributed by atoms with Crippen molar-refractivity contribution in [1.82, 2.24) is 4.98 Å². The Morgan fingerprint density at radius 1 is 1.25 bits per heavy atom. The van der Waals surface area contributed by atoms with Crippen LogP contribution in [-0.4, -0.2) is 11.0 Å². The molecule has 1 aromatic carbocycles. The van der Waals surface area contributed by atoms with Crippen molar-refractivity contribution >= 4 is 23.2 Å². The maximum absolute atomic E-state index is 6.12. The Kier molecular flexibility index (Phi) is 5.24. The van der Waals surface area contributed by atoms with Crippen molar-refractivity contribution in [2.45, 2.75) is 25.8 Å². The Balaban J connectivity index is 2.27. The summed E-state index contributed by atoms with van der Waals surface area (Å²) in [5, 5.41) is 0.831. The molecule has 2 aromatic rings. The van der Waals surface area contributed by atoms with Gasteiger partial charge in [0.1, 0.15) is 10.8 Å². The fourth-order valence-electron chi connectivity index (χ4n) is 1.77. The van der Waals surface area contributed by atoms with Crippen LogP contribution in [0.1, 0.15) is 18.9 Å². The number of benzene rings is 1. The number of hydrogen-bond acceptors (Lipinski definition) is 3. The van der Waals surface area contributed by atoms with E-state index in [9.17, 15) is 0 Å². The molecular weight excluding hydrogens is 295 g/mol. The summed E-state index contributed by atoms with van der Waals surface area (Å²) in [6.07, 6.45) is 3.28. The molecule has 0 bridgehead atoms. The van der Waals surface area contributed by atoms with Gasteiger partial charge in [-0.25, -0.2) is 4.98 Å². The molecule has 3 nitrogen and oxygen atoms in total. The highest BCUT2D eigenvalue weighted by atomic mass is 35.5. The maximum Gasteiger partial charge on any atom is 0.222 e. The van der Waals surface area contributed by atoms with Gasteiger partial charge in [0.05, 0.1) is 5.02 Å². The number of rotatable bonds is 5. The van der Waals surface area contributed by atoms with Crippen LogP contribution in [0.5, 0.6) is 11.6 Å². The van der Waals surface area contributed by atoms with E-state index < -0.39 is 0 Å². The zero-order valence-electron chi connectivity index (χ0n) is 11.1. The first-order chi connectivity index (χ1) is 9.61. The van der Waals surface area contributed by atoms with E-state index in [2.05, 4.69) is 11.9 Å². The molecule has 0 aliphatic carbocycles. The molecule has 1 aromatic heterocycles. The van der Waals surface area contributed by atoms with Crippen molar-refractivity contribution in [3.63, 3.8) is 0 Å². The quantitative estimate of drug-likeness (QED) is 0.887. The lowest BCUT2D eigenvalue weighted by molar-refractivity contribution is 0.452.